The number of carbonyl (C=O) groups is 1. The smallest absolute Gasteiger partial charge is 0.145 e. The van der Waals surface area contributed by atoms with E-state index in [-0.39, 0.29) is 11.8 Å². The van der Waals surface area contributed by atoms with E-state index < -0.39 is 0 Å². The fourth-order valence-corrected chi connectivity index (χ4v) is 4.92. The van der Waals surface area contributed by atoms with Crippen molar-refractivity contribution in [3.05, 3.63) is 71.8 Å². The van der Waals surface area contributed by atoms with Gasteiger partial charge in [0, 0.05) is 31.5 Å². The lowest BCUT2D eigenvalue weighted by Crippen LogP contribution is -2.27. The number of benzene rings is 2. The molecule has 1 saturated heterocycles. The summed E-state index contributed by atoms with van der Waals surface area (Å²) in [5, 5.41) is 0. The predicted molar refractivity (Wildman–Crippen MR) is 96.7 cm³/mol. The van der Waals surface area contributed by atoms with Crippen molar-refractivity contribution in [1.29, 1.82) is 0 Å². The fraction of sp³-hybridized carbons (Fsp3) is 0.409. The van der Waals surface area contributed by atoms with Crippen molar-refractivity contribution in [3.8, 4) is 0 Å². The SMILES string of the molecule is CCC1C(c2ccccc2)C(=O)C2CN(Cc3ccccc3)CC21. The van der Waals surface area contributed by atoms with Crippen LogP contribution in [0.1, 0.15) is 30.4 Å². The van der Waals surface area contributed by atoms with E-state index in [0.29, 0.717) is 17.6 Å². The molecule has 4 rings (SSSR count). The molecule has 4 atom stereocenters. The zero-order valence-corrected chi connectivity index (χ0v) is 14.3. The predicted octanol–water partition coefficient (Wildman–Crippen LogP) is 4.13. The molecular weight excluding hydrogens is 294 g/mol. The lowest BCUT2D eigenvalue weighted by molar-refractivity contribution is -0.122. The van der Waals surface area contributed by atoms with Crippen molar-refractivity contribution >= 4 is 5.78 Å². The Balaban J connectivity index is 1.53. The number of hydrogen-bond donors (Lipinski definition) is 0. The summed E-state index contributed by atoms with van der Waals surface area (Å²) in [5.41, 5.74) is 2.57. The Morgan fingerprint density at radius 3 is 2.29 bits per heavy atom. The van der Waals surface area contributed by atoms with E-state index in [1.807, 2.05) is 6.07 Å². The highest BCUT2D eigenvalue weighted by atomic mass is 16.1. The normalized spacial score (nSPS) is 29.8. The first-order valence-corrected chi connectivity index (χ1v) is 9.13. The van der Waals surface area contributed by atoms with E-state index in [0.717, 1.165) is 26.1 Å². The van der Waals surface area contributed by atoms with Gasteiger partial charge in [-0.1, -0.05) is 74.0 Å². The van der Waals surface area contributed by atoms with Crippen LogP contribution in [0.2, 0.25) is 0 Å². The van der Waals surface area contributed by atoms with E-state index in [1.165, 1.54) is 11.1 Å². The second kappa shape index (κ2) is 6.52. The minimum absolute atomic E-state index is 0.116. The molecule has 0 amide bonds. The number of fused-ring (bicyclic) bond motifs is 1. The maximum Gasteiger partial charge on any atom is 0.145 e. The van der Waals surface area contributed by atoms with Crippen LogP contribution in [0.25, 0.3) is 0 Å². The average Bonchev–Trinajstić information content (AvgIpc) is 3.14. The summed E-state index contributed by atoms with van der Waals surface area (Å²) in [7, 11) is 0. The maximum absolute atomic E-state index is 13.1. The van der Waals surface area contributed by atoms with Crippen LogP contribution in [0.5, 0.6) is 0 Å². The fourth-order valence-electron chi connectivity index (χ4n) is 4.92. The van der Waals surface area contributed by atoms with Gasteiger partial charge in [0.15, 0.2) is 0 Å². The van der Waals surface area contributed by atoms with Crippen LogP contribution in [0.15, 0.2) is 60.7 Å². The van der Waals surface area contributed by atoms with Crippen molar-refractivity contribution in [2.45, 2.75) is 25.8 Å². The molecule has 1 heterocycles. The van der Waals surface area contributed by atoms with Crippen LogP contribution in [0.4, 0.5) is 0 Å². The van der Waals surface area contributed by atoms with Gasteiger partial charge in [0.05, 0.1) is 0 Å². The van der Waals surface area contributed by atoms with Crippen molar-refractivity contribution in [3.63, 3.8) is 0 Å². The summed E-state index contributed by atoms with van der Waals surface area (Å²) in [6, 6.07) is 21.0. The molecule has 1 aliphatic heterocycles. The van der Waals surface area contributed by atoms with Crippen LogP contribution in [0.3, 0.4) is 0 Å². The topological polar surface area (TPSA) is 20.3 Å². The summed E-state index contributed by atoms with van der Waals surface area (Å²) < 4.78 is 0. The van der Waals surface area contributed by atoms with Gasteiger partial charge in [-0.3, -0.25) is 9.69 Å². The Kier molecular flexibility index (Phi) is 4.24. The molecule has 2 aliphatic rings. The Hall–Kier alpha value is -1.93. The van der Waals surface area contributed by atoms with E-state index >= 15 is 0 Å². The Morgan fingerprint density at radius 2 is 1.62 bits per heavy atom. The molecule has 2 nitrogen and oxygen atoms in total. The maximum atomic E-state index is 13.1. The molecule has 1 saturated carbocycles. The first kappa shape index (κ1) is 15.6. The first-order chi connectivity index (χ1) is 11.8. The van der Waals surface area contributed by atoms with Gasteiger partial charge in [-0.25, -0.2) is 0 Å². The van der Waals surface area contributed by atoms with Gasteiger partial charge in [-0.05, 0) is 23.0 Å². The third kappa shape index (κ3) is 2.69. The highest BCUT2D eigenvalue weighted by Gasteiger charge is 2.53. The minimum atomic E-state index is 0.116. The largest absolute Gasteiger partial charge is 0.299 e. The average molecular weight is 319 g/mol. The van der Waals surface area contributed by atoms with Gasteiger partial charge in [0.25, 0.3) is 0 Å². The highest BCUT2D eigenvalue weighted by Crippen LogP contribution is 2.49. The Labute approximate surface area is 144 Å². The van der Waals surface area contributed by atoms with Crippen LogP contribution in [-0.2, 0) is 11.3 Å². The molecule has 1 aliphatic carbocycles. The molecule has 2 heteroatoms. The summed E-state index contributed by atoms with van der Waals surface area (Å²) in [6.45, 7) is 5.20. The molecule has 0 spiro atoms. The summed E-state index contributed by atoms with van der Waals surface area (Å²) in [4.78, 5) is 15.6. The van der Waals surface area contributed by atoms with Crippen molar-refractivity contribution < 1.29 is 4.79 Å². The molecular formula is C22H25NO. The van der Waals surface area contributed by atoms with E-state index in [1.54, 1.807) is 0 Å². The number of rotatable bonds is 4. The lowest BCUT2D eigenvalue weighted by atomic mass is 9.82. The first-order valence-electron chi connectivity index (χ1n) is 9.13. The van der Waals surface area contributed by atoms with Crippen LogP contribution in [0, 0.1) is 17.8 Å². The van der Waals surface area contributed by atoms with Gasteiger partial charge in [0.2, 0.25) is 0 Å². The minimum Gasteiger partial charge on any atom is -0.299 e. The zero-order valence-electron chi connectivity index (χ0n) is 14.3. The Bertz CT molecular complexity index is 696. The molecule has 0 radical (unpaired) electrons. The zero-order chi connectivity index (χ0) is 16.5. The molecule has 0 aromatic heterocycles. The molecule has 24 heavy (non-hydrogen) atoms. The third-order valence-electron chi connectivity index (χ3n) is 5.97. The number of ketones is 1. The van der Waals surface area contributed by atoms with Crippen LogP contribution < -0.4 is 0 Å². The number of nitrogens with zero attached hydrogens (tertiary/aromatic N) is 1. The molecule has 2 aromatic carbocycles. The summed E-state index contributed by atoms with van der Waals surface area (Å²) in [5.74, 6) is 1.84. The van der Waals surface area contributed by atoms with Crippen LogP contribution in [-0.4, -0.2) is 23.8 Å². The highest BCUT2D eigenvalue weighted by molar-refractivity contribution is 5.91. The quantitative estimate of drug-likeness (QED) is 0.844. The van der Waals surface area contributed by atoms with Crippen LogP contribution >= 0.6 is 0 Å². The second-order valence-corrected chi connectivity index (χ2v) is 7.31. The van der Waals surface area contributed by atoms with Crippen molar-refractivity contribution in [2.75, 3.05) is 13.1 Å². The van der Waals surface area contributed by atoms with Crippen molar-refractivity contribution in [2.24, 2.45) is 17.8 Å². The number of likely N-dealkylation sites (tertiary alicyclic amines) is 1. The third-order valence-corrected chi connectivity index (χ3v) is 5.97. The summed E-state index contributed by atoms with van der Waals surface area (Å²) in [6.07, 6.45) is 1.09. The van der Waals surface area contributed by atoms with E-state index in [2.05, 4.69) is 66.4 Å². The number of Topliss-reactive ketones (excluding diaryl/α,β-unsaturated/α-hetero) is 1. The standard InChI is InChI=1S/C22H25NO/c1-2-18-19-14-23(13-16-9-5-3-6-10-16)15-20(19)22(24)21(18)17-11-7-4-8-12-17/h3-12,18-21H,2,13-15H2,1H3. The summed E-state index contributed by atoms with van der Waals surface area (Å²) >= 11 is 0. The molecule has 2 aromatic rings. The molecule has 124 valence electrons. The molecule has 0 N–H and O–H groups in total. The number of carbonyl (C=O) groups excluding carboxylic acids is 1. The van der Waals surface area contributed by atoms with Gasteiger partial charge in [0.1, 0.15) is 5.78 Å². The molecule has 4 unspecified atom stereocenters. The van der Waals surface area contributed by atoms with E-state index in [9.17, 15) is 4.79 Å². The van der Waals surface area contributed by atoms with Gasteiger partial charge in [-0.2, -0.15) is 0 Å². The Morgan fingerprint density at radius 1 is 0.958 bits per heavy atom. The molecule has 2 fully saturated rings. The lowest BCUT2D eigenvalue weighted by Gasteiger charge is -2.24. The van der Waals surface area contributed by atoms with Crippen molar-refractivity contribution in [1.82, 2.24) is 4.90 Å². The number of hydrogen-bond acceptors (Lipinski definition) is 2. The van der Waals surface area contributed by atoms with Gasteiger partial charge < -0.3 is 0 Å². The van der Waals surface area contributed by atoms with Gasteiger partial charge >= 0.3 is 0 Å². The second-order valence-electron chi connectivity index (χ2n) is 7.31. The molecule has 0 bridgehead atoms. The van der Waals surface area contributed by atoms with Gasteiger partial charge in [-0.15, -0.1) is 0 Å². The monoisotopic (exact) mass is 319 g/mol. The van der Waals surface area contributed by atoms with E-state index in [4.69, 9.17) is 0 Å².